The summed E-state index contributed by atoms with van der Waals surface area (Å²) >= 11 is 0. The summed E-state index contributed by atoms with van der Waals surface area (Å²) in [5, 5.41) is 0. The van der Waals surface area contributed by atoms with Crippen LogP contribution in [-0.2, 0) is 14.8 Å². The van der Waals surface area contributed by atoms with Gasteiger partial charge in [0.1, 0.15) is 0 Å². The standard InChI is InChI=1S/C8H9ClO2S/c1-7-3-2-4-8(5-7)6-12(9,10)11/h2-5H,6H2,1H3. The molecule has 0 saturated heterocycles. The van der Waals surface area contributed by atoms with E-state index < -0.39 is 9.05 Å². The van der Waals surface area contributed by atoms with E-state index in [-0.39, 0.29) is 5.75 Å². The largest absolute Gasteiger partial charge is 0.236 e. The lowest BCUT2D eigenvalue weighted by molar-refractivity contribution is 0.609. The zero-order valence-corrected chi connectivity index (χ0v) is 8.19. The molecule has 0 spiro atoms. The van der Waals surface area contributed by atoms with E-state index >= 15 is 0 Å². The molecule has 0 aliphatic heterocycles. The van der Waals surface area contributed by atoms with Gasteiger partial charge in [-0.05, 0) is 12.5 Å². The summed E-state index contributed by atoms with van der Waals surface area (Å²) in [5.74, 6) is -0.101. The van der Waals surface area contributed by atoms with Gasteiger partial charge in [0.05, 0.1) is 5.75 Å². The Morgan fingerprint density at radius 1 is 1.42 bits per heavy atom. The van der Waals surface area contributed by atoms with Crippen molar-refractivity contribution in [3.63, 3.8) is 0 Å². The van der Waals surface area contributed by atoms with Gasteiger partial charge in [0.15, 0.2) is 0 Å². The molecule has 0 radical (unpaired) electrons. The monoisotopic (exact) mass is 204 g/mol. The van der Waals surface area contributed by atoms with Gasteiger partial charge in [-0.1, -0.05) is 29.8 Å². The van der Waals surface area contributed by atoms with Gasteiger partial charge in [-0.25, -0.2) is 8.42 Å². The molecule has 0 aliphatic rings. The minimum atomic E-state index is -3.42. The fraction of sp³-hybridized carbons (Fsp3) is 0.250. The van der Waals surface area contributed by atoms with Crippen molar-refractivity contribution in [1.82, 2.24) is 0 Å². The van der Waals surface area contributed by atoms with Crippen LogP contribution in [0.25, 0.3) is 0 Å². The molecule has 0 aliphatic carbocycles. The van der Waals surface area contributed by atoms with Crippen LogP contribution in [0.4, 0.5) is 0 Å². The number of halogens is 1. The van der Waals surface area contributed by atoms with E-state index in [0.717, 1.165) is 11.1 Å². The van der Waals surface area contributed by atoms with Crippen molar-refractivity contribution in [2.45, 2.75) is 12.7 Å². The molecule has 0 fully saturated rings. The quantitative estimate of drug-likeness (QED) is 0.692. The second-order valence-corrected chi connectivity index (χ2v) is 5.45. The number of hydrogen-bond donors (Lipinski definition) is 0. The van der Waals surface area contributed by atoms with Crippen molar-refractivity contribution in [3.05, 3.63) is 35.4 Å². The molecule has 0 amide bonds. The van der Waals surface area contributed by atoms with Crippen LogP contribution in [0.5, 0.6) is 0 Å². The molecule has 0 aromatic heterocycles. The number of rotatable bonds is 2. The van der Waals surface area contributed by atoms with E-state index in [9.17, 15) is 8.42 Å². The van der Waals surface area contributed by atoms with Gasteiger partial charge in [-0.3, -0.25) is 0 Å². The molecule has 0 unspecified atom stereocenters. The molecule has 1 rings (SSSR count). The molecule has 66 valence electrons. The van der Waals surface area contributed by atoms with Gasteiger partial charge in [0.2, 0.25) is 9.05 Å². The predicted octanol–water partition coefficient (Wildman–Crippen LogP) is 2.06. The van der Waals surface area contributed by atoms with E-state index in [1.165, 1.54) is 0 Å². The third-order valence-electron chi connectivity index (χ3n) is 1.42. The van der Waals surface area contributed by atoms with Gasteiger partial charge < -0.3 is 0 Å². The highest BCUT2D eigenvalue weighted by Gasteiger charge is 2.05. The summed E-state index contributed by atoms with van der Waals surface area (Å²) in [6.07, 6.45) is 0. The molecule has 0 heterocycles. The van der Waals surface area contributed by atoms with Crippen molar-refractivity contribution < 1.29 is 8.42 Å². The lowest BCUT2D eigenvalue weighted by Gasteiger charge is -1.98. The zero-order valence-electron chi connectivity index (χ0n) is 6.62. The lowest BCUT2D eigenvalue weighted by Crippen LogP contribution is -1.94. The maximum absolute atomic E-state index is 10.7. The van der Waals surface area contributed by atoms with Crippen LogP contribution >= 0.6 is 10.7 Å². The molecule has 0 atom stereocenters. The first kappa shape index (κ1) is 9.55. The molecular weight excluding hydrogens is 196 g/mol. The van der Waals surface area contributed by atoms with Gasteiger partial charge in [-0.2, -0.15) is 0 Å². The molecule has 0 bridgehead atoms. The normalized spacial score (nSPS) is 11.5. The van der Waals surface area contributed by atoms with Gasteiger partial charge in [0, 0.05) is 10.7 Å². The summed E-state index contributed by atoms with van der Waals surface area (Å²) in [4.78, 5) is 0. The molecule has 2 nitrogen and oxygen atoms in total. The molecule has 1 aromatic rings. The fourth-order valence-corrected chi connectivity index (χ4v) is 1.96. The predicted molar refractivity (Wildman–Crippen MR) is 49.7 cm³/mol. The first-order chi connectivity index (χ1) is 5.47. The second kappa shape index (κ2) is 3.46. The number of benzene rings is 1. The van der Waals surface area contributed by atoms with Crippen LogP contribution in [0.2, 0.25) is 0 Å². The molecule has 12 heavy (non-hydrogen) atoms. The smallest absolute Gasteiger partial charge is 0.212 e. The van der Waals surface area contributed by atoms with Crippen LogP contribution in [0.15, 0.2) is 24.3 Å². The zero-order chi connectivity index (χ0) is 9.19. The molecular formula is C8H9ClO2S. The van der Waals surface area contributed by atoms with Crippen molar-refractivity contribution in [2.24, 2.45) is 0 Å². The summed E-state index contributed by atoms with van der Waals surface area (Å²) in [6.45, 7) is 1.91. The molecule has 4 heteroatoms. The molecule has 1 aromatic carbocycles. The highest BCUT2D eigenvalue weighted by Crippen LogP contribution is 2.10. The molecule has 0 N–H and O–H groups in total. The first-order valence-corrected chi connectivity index (χ1v) is 5.93. The minimum Gasteiger partial charge on any atom is -0.212 e. The van der Waals surface area contributed by atoms with Crippen molar-refractivity contribution in [3.8, 4) is 0 Å². The third-order valence-corrected chi connectivity index (χ3v) is 2.43. The van der Waals surface area contributed by atoms with Crippen LogP contribution in [0.1, 0.15) is 11.1 Å². The van der Waals surface area contributed by atoms with Crippen molar-refractivity contribution >= 4 is 19.7 Å². The Morgan fingerprint density at radius 2 is 2.08 bits per heavy atom. The Balaban J connectivity index is 2.91. The number of aryl methyl sites for hydroxylation is 1. The highest BCUT2D eigenvalue weighted by molar-refractivity contribution is 8.13. The van der Waals surface area contributed by atoms with Gasteiger partial charge in [-0.15, -0.1) is 0 Å². The van der Waals surface area contributed by atoms with Crippen molar-refractivity contribution in [1.29, 1.82) is 0 Å². The lowest BCUT2D eigenvalue weighted by atomic mass is 10.2. The van der Waals surface area contributed by atoms with Gasteiger partial charge in [0.25, 0.3) is 0 Å². The Labute approximate surface area is 76.6 Å². The topological polar surface area (TPSA) is 34.1 Å². The van der Waals surface area contributed by atoms with Crippen LogP contribution in [-0.4, -0.2) is 8.42 Å². The van der Waals surface area contributed by atoms with Gasteiger partial charge >= 0.3 is 0 Å². The maximum atomic E-state index is 10.7. The molecule has 0 saturated carbocycles. The van der Waals surface area contributed by atoms with Crippen molar-refractivity contribution in [2.75, 3.05) is 0 Å². The Morgan fingerprint density at radius 3 is 2.58 bits per heavy atom. The highest BCUT2D eigenvalue weighted by atomic mass is 35.7. The maximum Gasteiger partial charge on any atom is 0.236 e. The second-order valence-electron chi connectivity index (χ2n) is 2.67. The van der Waals surface area contributed by atoms with E-state index in [2.05, 4.69) is 0 Å². The van der Waals surface area contributed by atoms with E-state index in [4.69, 9.17) is 10.7 Å². The average Bonchev–Trinajstić information content (AvgIpc) is 1.82. The number of hydrogen-bond acceptors (Lipinski definition) is 2. The average molecular weight is 205 g/mol. The first-order valence-electron chi connectivity index (χ1n) is 3.45. The van der Waals surface area contributed by atoms with E-state index in [1.54, 1.807) is 12.1 Å². The SMILES string of the molecule is Cc1cccc(CS(=O)(=O)Cl)c1. The Hall–Kier alpha value is -0.540. The summed E-state index contributed by atoms with van der Waals surface area (Å²) in [6, 6.07) is 7.27. The van der Waals surface area contributed by atoms with Crippen LogP contribution in [0.3, 0.4) is 0 Å². The minimum absolute atomic E-state index is 0.101. The van der Waals surface area contributed by atoms with Crippen LogP contribution in [0, 0.1) is 6.92 Å². The van der Waals surface area contributed by atoms with E-state index in [0.29, 0.717) is 0 Å². The Kier molecular flexibility index (Phi) is 2.75. The third kappa shape index (κ3) is 3.24. The van der Waals surface area contributed by atoms with E-state index in [1.807, 2.05) is 19.1 Å². The summed E-state index contributed by atoms with van der Waals surface area (Å²) in [7, 11) is 1.67. The Bertz CT molecular complexity index is 370. The summed E-state index contributed by atoms with van der Waals surface area (Å²) in [5.41, 5.74) is 1.76. The fourth-order valence-electron chi connectivity index (χ4n) is 1.00. The summed E-state index contributed by atoms with van der Waals surface area (Å²) < 4.78 is 21.4. The van der Waals surface area contributed by atoms with Crippen LogP contribution < -0.4 is 0 Å².